The van der Waals surface area contributed by atoms with E-state index in [1.54, 1.807) is 0 Å². The van der Waals surface area contributed by atoms with E-state index in [4.69, 9.17) is 0 Å². The molecule has 2 spiro atoms. The van der Waals surface area contributed by atoms with Gasteiger partial charge in [0.1, 0.15) is 5.72 Å². The Bertz CT molecular complexity index is 724. The zero-order chi connectivity index (χ0) is 16.4. The van der Waals surface area contributed by atoms with Crippen LogP contribution >= 0.6 is 0 Å². The molecule has 0 aromatic rings. The molecule has 0 radical (unpaired) electrons. The van der Waals surface area contributed by atoms with Gasteiger partial charge in [-0.15, -0.1) is 0 Å². The highest BCUT2D eigenvalue weighted by molar-refractivity contribution is 5.45. The highest BCUT2D eigenvalue weighted by atomic mass is 16.3. The van der Waals surface area contributed by atoms with E-state index in [1.165, 1.54) is 12.8 Å². The van der Waals surface area contributed by atoms with E-state index < -0.39 is 11.8 Å². The molecule has 9 bridgehead atoms. The predicted molar refractivity (Wildman–Crippen MR) is 86.6 cm³/mol. The fraction of sp³-hybridized carbons (Fsp3) is 0.900. The number of nitrogens with zero attached hydrogens (tertiary/aromatic N) is 1. The third-order valence-electron chi connectivity index (χ3n) is 10.4. The van der Waals surface area contributed by atoms with Crippen LogP contribution < -0.4 is 0 Å². The zero-order valence-electron chi connectivity index (χ0n) is 14.3. The summed E-state index contributed by atoms with van der Waals surface area (Å²) in [5.74, 6) is 0.946. The predicted octanol–water partition coefficient (Wildman–Crippen LogP) is 1.11. The van der Waals surface area contributed by atoms with E-state index in [-0.39, 0.29) is 40.1 Å². The Balaban J connectivity index is 1.57. The fourth-order valence-electron chi connectivity index (χ4n) is 10.6. The summed E-state index contributed by atoms with van der Waals surface area (Å²) >= 11 is 0. The number of hydrogen-bond donors (Lipinski definition) is 3. The van der Waals surface area contributed by atoms with E-state index in [9.17, 15) is 15.3 Å². The Morgan fingerprint density at radius 1 is 1.21 bits per heavy atom. The smallest absolute Gasteiger partial charge is 0.123 e. The van der Waals surface area contributed by atoms with E-state index in [2.05, 4.69) is 18.4 Å². The summed E-state index contributed by atoms with van der Waals surface area (Å²) in [6.07, 6.45) is 4.26. The molecular weight excluding hydrogens is 302 g/mol. The van der Waals surface area contributed by atoms with Crippen LogP contribution in [-0.2, 0) is 0 Å². The van der Waals surface area contributed by atoms with Crippen molar-refractivity contribution in [2.24, 2.45) is 39.9 Å². The Hall–Kier alpha value is -0.420. The summed E-state index contributed by atoms with van der Waals surface area (Å²) in [5.41, 5.74) is -0.0153. The van der Waals surface area contributed by atoms with Gasteiger partial charge in [0.25, 0.3) is 0 Å². The van der Waals surface area contributed by atoms with Crippen LogP contribution in [0.3, 0.4) is 0 Å². The van der Waals surface area contributed by atoms with Crippen molar-refractivity contribution in [3.63, 3.8) is 0 Å². The standard InChI is InChI=1S/C20H27NO3/c1-9-10-6-11-14-18-5-3-4-17(2)8-21(14)20(24,16(17)18)7-19(11,15(9)23)13(18)12(10)22/h10-16,22-24H,1,3-8H2,2H3/t10-,11+,12+,13+,14-,15-,16-,17+,18+,19-,20+/m1/s1. The second kappa shape index (κ2) is 3.28. The maximum atomic E-state index is 11.9. The van der Waals surface area contributed by atoms with Crippen molar-refractivity contribution in [2.75, 3.05) is 6.54 Å². The van der Waals surface area contributed by atoms with Gasteiger partial charge < -0.3 is 15.3 Å². The minimum Gasteiger partial charge on any atom is -0.392 e. The second-order valence-electron chi connectivity index (χ2n) is 10.7. The first-order chi connectivity index (χ1) is 11.3. The molecular formula is C20H27NO3. The summed E-state index contributed by atoms with van der Waals surface area (Å²) in [6.45, 7) is 7.56. The minimum absolute atomic E-state index is 0.0266. The summed E-state index contributed by atoms with van der Waals surface area (Å²) < 4.78 is 0. The van der Waals surface area contributed by atoms with Gasteiger partial charge in [-0.1, -0.05) is 19.9 Å². The van der Waals surface area contributed by atoms with Crippen LogP contribution in [0.15, 0.2) is 12.2 Å². The topological polar surface area (TPSA) is 63.9 Å². The van der Waals surface area contributed by atoms with Gasteiger partial charge >= 0.3 is 0 Å². The van der Waals surface area contributed by atoms with Gasteiger partial charge in [0.15, 0.2) is 0 Å². The van der Waals surface area contributed by atoms with Crippen LogP contribution in [0.4, 0.5) is 0 Å². The number of aliphatic hydroxyl groups is 3. The molecule has 4 heteroatoms. The highest BCUT2D eigenvalue weighted by Gasteiger charge is 2.93. The lowest BCUT2D eigenvalue weighted by molar-refractivity contribution is -0.272. The lowest BCUT2D eigenvalue weighted by atomic mass is 9.39. The molecule has 130 valence electrons. The van der Waals surface area contributed by atoms with Gasteiger partial charge in [0.2, 0.25) is 0 Å². The fourth-order valence-corrected chi connectivity index (χ4v) is 10.6. The molecule has 4 nitrogen and oxygen atoms in total. The third-order valence-corrected chi connectivity index (χ3v) is 10.4. The molecule has 6 aliphatic carbocycles. The second-order valence-corrected chi connectivity index (χ2v) is 10.7. The van der Waals surface area contributed by atoms with E-state index in [0.29, 0.717) is 18.4 Å². The lowest BCUT2D eigenvalue weighted by Crippen LogP contribution is -2.71. The molecule has 6 saturated carbocycles. The zero-order valence-corrected chi connectivity index (χ0v) is 14.3. The first-order valence-corrected chi connectivity index (χ1v) is 9.86. The molecule has 12 atom stereocenters. The van der Waals surface area contributed by atoms with Crippen molar-refractivity contribution < 1.29 is 15.3 Å². The number of rotatable bonds is 0. The third kappa shape index (κ3) is 0.903. The average molecular weight is 329 g/mol. The quantitative estimate of drug-likeness (QED) is 0.583. The summed E-state index contributed by atoms with van der Waals surface area (Å²) in [7, 11) is 0. The molecule has 0 aromatic carbocycles. The molecule has 3 heterocycles. The van der Waals surface area contributed by atoms with Gasteiger partial charge in [0, 0.05) is 35.8 Å². The molecule has 9 fully saturated rings. The number of hydrogen-bond acceptors (Lipinski definition) is 4. The van der Waals surface area contributed by atoms with Crippen LogP contribution in [0, 0.1) is 39.9 Å². The summed E-state index contributed by atoms with van der Waals surface area (Å²) in [5, 5.41) is 34.4. The molecule has 3 saturated heterocycles. The molecule has 1 unspecified atom stereocenters. The van der Waals surface area contributed by atoms with E-state index >= 15 is 0 Å². The Morgan fingerprint density at radius 3 is 2.79 bits per heavy atom. The van der Waals surface area contributed by atoms with E-state index in [0.717, 1.165) is 25.0 Å². The highest BCUT2D eigenvalue weighted by Crippen LogP contribution is 2.88. The number of aliphatic hydroxyl groups excluding tert-OH is 2. The van der Waals surface area contributed by atoms with Crippen LogP contribution in [-0.4, -0.2) is 50.7 Å². The Labute approximate surface area is 142 Å². The summed E-state index contributed by atoms with van der Waals surface area (Å²) in [4.78, 5) is 2.45. The number of fused-ring (bicyclic) bond motifs is 1. The monoisotopic (exact) mass is 329 g/mol. The number of piperidine rings is 2. The molecule has 24 heavy (non-hydrogen) atoms. The van der Waals surface area contributed by atoms with Gasteiger partial charge in [-0.25, -0.2) is 0 Å². The van der Waals surface area contributed by atoms with E-state index in [1.807, 2.05) is 0 Å². The molecule has 0 amide bonds. The maximum Gasteiger partial charge on any atom is 0.123 e. The maximum absolute atomic E-state index is 11.9. The molecule has 9 aliphatic rings. The van der Waals surface area contributed by atoms with Crippen molar-refractivity contribution in [1.82, 2.24) is 4.90 Å². The van der Waals surface area contributed by atoms with Crippen molar-refractivity contribution in [2.45, 2.75) is 63.0 Å². The molecule has 9 rings (SSSR count). The van der Waals surface area contributed by atoms with Crippen molar-refractivity contribution >= 4 is 0 Å². The average Bonchev–Trinajstić information content (AvgIpc) is 2.88. The van der Waals surface area contributed by atoms with Gasteiger partial charge in [-0.2, -0.15) is 0 Å². The SMILES string of the molecule is C=C1[C@H]2C[C@H]3[C@H]4N5C[C@]6(C)CCC[C@]47[C@H]([C@H]2O)[C@]3(C[C@]5(O)[C@H]67)[C@@H]1O. The molecule has 3 aliphatic heterocycles. The van der Waals surface area contributed by atoms with Crippen molar-refractivity contribution in [1.29, 1.82) is 0 Å². The molecule has 0 aromatic heterocycles. The van der Waals surface area contributed by atoms with Crippen molar-refractivity contribution in [3.8, 4) is 0 Å². The Kier molecular flexibility index (Phi) is 1.88. The normalized spacial score (nSPS) is 76.1. The van der Waals surface area contributed by atoms with Crippen LogP contribution in [0.5, 0.6) is 0 Å². The first kappa shape index (κ1) is 13.7. The van der Waals surface area contributed by atoms with Crippen molar-refractivity contribution in [3.05, 3.63) is 12.2 Å². The molecule has 3 N–H and O–H groups in total. The first-order valence-electron chi connectivity index (χ1n) is 9.86. The van der Waals surface area contributed by atoms with Gasteiger partial charge in [-0.05, 0) is 48.0 Å². The summed E-state index contributed by atoms with van der Waals surface area (Å²) in [6, 6.07) is 0.377. The van der Waals surface area contributed by atoms with Crippen LogP contribution in [0.2, 0.25) is 0 Å². The van der Waals surface area contributed by atoms with Crippen LogP contribution in [0.1, 0.15) is 39.0 Å². The van der Waals surface area contributed by atoms with Gasteiger partial charge in [-0.3, -0.25) is 4.90 Å². The van der Waals surface area contributed by atoms with Gasteiger partial charge in [0.05, 0.1) is 12.2 Å². The minimum atomic E-state index is -0.752. The Morgan fingerprint density at radius 2 is 2.00 bits per heavy atom. The lowest BCUT2D eigenvalue weighted by Gasteiger charge is -2.67. The largest absolute Gasteiger partial charge is 0.392 e. The van der Waals surface area contributed by atoms with Crippen LogP contribution in [0.25, 0.3) is 0 Å².